The molecule has 0 aromatic heterocycles. The van der Waals surface area contributed by atoms with Gasteiger partial charge in [0.15, 0.2) is 0 Å². The van der Waals surface area contributed by atoms with Crippen LogP contribution in [0.4, 0.5) is 32.0 Å². The molecule has 0 saturated heterocycles. The number of hydrogen-bond acceptors (Lipinski definition) is 3. The van der Waals surface area contributed by atoms with Gasteiger partial charge in [-0.05, 0) is 106 Å². The van der Waals surface area contributed by atoms with Crippen molar-refractivity contribution in [2.75, 3.05) is 11.9 Å². The van der Waals surface area contributed by atoms with Crippen molar-refractivity contribution in [2.24, 2.45) is 0 Å². The maximum atomic E-state index is 13.2. The SMILES string of the molecule is O=C(Nc1ccc2c(c1)CCN(Cc1cccc(Cl)c1)C2)c1ccccc1-c1ccc(C(F)(F)F)cc1.O=C(O)c1ccccc1-c1ccc(C(F)(F)F)cc1. The lowest BCUT2D eigenvalue weighted by Gasteiger charge is -2.29. The first-order chi connectivity index (χ1) is 26.7. The fourth-order valence-electron chi connectivity index (χ4n) is 6.45. The largest absolute Gasteiger partial charge is 0.478 e. The molecule has 286 valence electrons. The summed E-state index contributed by atoms with van der Waals surface area (Å²) in [5.74, 6) is -1.43. The Morgan fingerprint density at radius 1 is 0.643 bits per heavy atom. The van der Waals surface area contributed by atoms with E-state index in [-0.39, 0.29) is 11.5 Å². The van der Waals surface area contributed by atoms with Crippen LogP contribution in [0.1, 0.15) is 48.5 Å². The second-order valence-corrected chi connectivity index (χ2v) is 13.5. The van der Waals surface area contributed by atoms with Crippen LogP contribution in [0.5, 0.6) is 0 Å². The van der Waals surface area contributed by atoms with Crippen molar-refractivity contribution < 1.29 is 41.0 Å². The van der Waals surface area contributed by atoms with Crippen LogP contribution in [-0.2, 0) is 31.9 Å². The number of aromatic carboxylic acids is 1. The first-order valence-electron chi connectivity index (χ1n) is 17.3. The molecule has 1 aliphatic heterocycles. The Labute approximate surface area is 323 Å². The van der Waals surface area contributed by atoms with E-state index in [0.29, 0.717) is 33.5 Å². The standard InChI is InChI=1S/C30H24ClF3N2O.C14H9F3O2/c31-25-5-3-4-20(16-25)18-36-15-14-22-17-26(13-10-23(22)19-36)35-29(37)28-7-2-1-6-27(28)21-8-11-24(12-9-21)30(32,33)34;15-14(16,17)10-7-5-9(6-8-10)11-3-1-2-4-12(11)13(18)19/h1-13,16-17H,14-15,18-19H2,(H,35,37);1-8H,(H,18,19). The molecule has 0 unspecified atom stereocenters. The first kappa shape index (κ1) is 39.8. The second kappa shape index (κ2) is 16.8. The number of fused-ring (bicyclic) bond motifs is 1. The van der Waals surface area contributed by atoms with E-state index in [1.807, 2.05) is 36.4 Å². The number of nitrogens with zero attached hydrogens (tertiary/aromatic N) is 1. The molecule has 0 aliphatic carbocycles. The van der Waals surface area contributed by atoms with Crippen LogP contribution in [-0.4, -0.2) is 28.4 Å². The molecule has 5 nitrogen and oxygen atoms in total. The molecule has 0 atom stereocenters. The minimum atomic E-state index is -4.41. The van der Waals surface area contributed by atoms with Crippen LogP contribution in [0.25, 0.3) is 22.3 Å². The Kier molecular flexibility index (Phi) is 12.0. The average Bonchev–Trinajstić information content (AvgIpc) is 3.17. The maximum Gasteiger partial charge on any atom is 0.416 e. The van der Waals surface area contributed by atoms with Crippen LogP contribution in [0, 0.1) is 0 Å². The number of anilines is 1. The molecule has 12 heteroatoms. The molecular formula is C44H33ClF6N2O3. The van der Waals surface area contributed by atoms with E-state index in [9.17, 15) is 35.9 Å². The van der Waals surface area contributed by atoms with Crippen molar-refractivity contribution in [3.8, 4) is 22.3 Å². The van der Waals surface area contributed by atoms with Gasteiger partial charge in [-0.25, -0.2) is 4.79 Å². The van der Waals surface area contributed by atoms with Gasteiger partial charge in [-0.2, -0.15) is 26.3 Å². The van der Waals surface area contributed by atoms with Gasteiger partial charge in [-0.15, -0.1) is 0 Å². The lowest BCUT2D eigenvalue weighted by atomic mass is 9.97. The number of carboxylic acid groups (broad SMARTS) is 1. The van der Waals surface area contributed by atoms with Crippen molar-refractivity contribution in [1.29, 1.82) is 0 Å². The quantitative estimate of drug-likeness (QED) is 0.158. The van der Waals surface area contributed by atoms with Gasteiger partial charge in [0.1, 0.15) is 0 Å². The molecule has 1 heterocycles. The number of carbonyl (C=O) groups is 2. The predicted molar refractivity (Wildman–Crippen MR) is 204 cm³/mol. The smallest absolute Gasteiger partial charge is 0.416 e. The van der Waals surface area contributed by atoms with Gasteiger partial charge in [-0.3, -0.25) is 9.69 Å². The van der Waals surface area contributed by atoms with Crippen LogP contribution in [0.2, 0.25) is 5.02 Å². The molecule has 6 aromatic rings. The van der Waals surface area contributed by atoms with Gasteiger partial charge in [0.2, 0.25) is 0 Å². The molecule has 0 saturated carbocycles. The zero-order valence-corrected chi connectivity index (χ0v) is 30.2. The normalized spacial score (nSPS) is 12.9. The number of halogens is 7. The van der Waals surface area contributed by atoms with E-state index in [1.54, 1.807) is 42.5 Å². The fourth-order valence-corrected chi connectivity index (χ4v) is 6.66. The number of amides is 1. The van der Waals surface area contributed by atoms with Crippen LogP contribution >= 0.6 is 11.6 Å². The molecule has 0 spiro atoms. The van der Waals surface area contributed by atoms with Crippen molar-refractivity contribution in [2.45, 2.75) is 31.9 Å². The Morgan fingerprint density at radius 2 is 1.20 bits per heavy atom. The Bertz CT molecular complexity index is 2340. The van der Waals surface area contributed by atoms with E-state index in [2.05, 4.69) is 16.3 Å². The number of nitrogens with one attached hydrogen (secondary N) is 1. The summed E-state index contributed by atoms with van der Waals surface area (Å²) in [6.07, 6.45) is -7.94. The summed E-state index contributed by atoms with van der Waals surface area (Å²) in [4.78, 5) is 26.6. The van der Waals surface area contributed by atoms with Crippen LogP contribution < -0.4 is 5.32 Å². The third-order valence-electron chi connectivity index (χ3n) is 9.23. The van der Waals surface area contributed by atoms with Gasteiger partial charge in [0, 0.05) is 35.9 Å². The number of alkyl halides is 6. The van der Waals surface area contributed by atoms with E-state index < -0.39 is 29.4 Å². The van der Waals surface area contributed by atoms with Crippen LogP contribution in [0.15, 0.2) is 140 Å². The third-order valence-corrected chi connectivity index (χ3v) is 9.46. The number of benzene rings is 6. The zero-order valence-electron chi connectivity index (χ0n) is 29.5. The van der Waals surface area contributed by atoms with E-state index >= 15 is 0 Å². The van der Waals surface area contributed by atoms with E-state index in [1.165, 1.54) is 47.0 Å². The number of rotatable bonds is 7. The zero-order chi connectivity index (χ0) is 40.0. The number of hydrogen-bond donors (Lipinski definition) is 2. The summed E-state index contributed by atoms with van der Waals surface area (Å²) in [6.45, 7) is 2.53. The monoisotopic (exact) mass is 786 g/mol. The summed E-state index contributed by atoms with van der Waals surface area (Å²) in [7, 11) is 0. The fraction of sp³-hybridized carbons (Fsp3) is 0.136. The molecule has 56 heavy (non-hydrogen) atoms. The first-order valence-corrected chi connectivity index (χ1v) is 17.7. The summed E-state index contributed by atoms with van der Waals surface area (Å²) in [5, 5.41) is 12.7. The molecule has 1 amide bonds. The van der Waals surface area contributed by atoms with Crippen LogP contribution in [0.3, 0.4) is 0 Å². The average molecular weight is 787 g/mol. The molecule has 0 radical (unpaired) electrons. The van der Waals surface area contributed by atoms with Gasteiger partial charge < -0.3 is 10.4 Å². The molecular weight excluding hydrogens is 754 g/mol. The molecule has 2 N–H and O–H groups in total. The Balaban J connectivity index is 0.000000235. The van der Waals surface area contributed by atoms with Gasteiger partial charge in [0.05, 0.1) is 16.7 Å². The summed E-state index contributed by atoms with van der Waals surface area (Å²) in [5.41, 5.74) is 5.19. The number of carbonyl (C=O) groups excluding carboxylic acids is 1. The van der Waals surface area contributed by atoms with Gasteiger partial charge in [-0.1, -0.05) is 90.5 Å². The van der Waals surface area contributed by atoms with Gasteiger partial charge in [0.25, 0.3) is 5.91 Å². The molecule has 0 fully saturated rings. The van der Waals surface area contributed by atoms with Crippen molar-refractivity contribution in [3.63, 3.8) is 0 Å². The topological polar surface area (TPSA) is 69.6 Å². The lowest BCUT2D eigenvalue weighted by molar-refractivity contribution is -0.138. The lowest BCUT2D eigenvalue weighted by Crippen LogP contribution is -2.30. The summed E-state index contributed by atoms with van der Waals surface area (Å²) < 4.78 is 76.2. The van der Waals surface area contributed by atoms with Crippen molar-refractivity contribution in [1.82, 2.24) is 4.90 Å². The van der Waals surface area contributed by atoms with Crippen molar-refractivity contribution in [3.05, 3.63) is 183 Å². The number of carboxylic acids is 1. The minimum Gasteiger partial charge on any atom is -0.478 e. The third kappa shape index (κ3) is 9.84. The highest BCUT2D eigenvalue weighted by atomic mass is 35.5. The highest BCUT2D eigenvalue weighted by Gasteiger charge is 2.31. The molecule has 6 aromatic carbocycles. The Morgan fingerprint density at radius 3 is 1.75 bits per heavy atom. The van der Waals surface area contributed by atoms with Crippen molar-refractivity contribution >= 4 is 29.2 Å². The Hall–Kier alpha value is -5.91. The molecule has 0 bridgehead atoms. The second-order valence-electron chi connectivity index (χ2n) is 13.1. The minimum absolute atomic E-state index is 0.0576. The summed E-state index contributed by atoms with van der Waals surface area (Å²) >= 11 is 6.12. The highest BCUT2D eigenvalue weighted by molar-refractivity contribution is 6.30. The summed E-state index contributed by atoms with van der Waals surface area (Å²) in [6, 6.07) is 36.2. The maximum absolute atomic E-state index is 13.2. The molecule has 7 rings (SSSR count). The highest BCUT2D eigenvalue weighted by Crippen LogP contribution is 2.34. The molecule has 1 aliphatic rings. The van der Waals surface area contributed by atoms with Gasteiger partial charge >= 0.3 is 18.3 Å². The van der Waals surface area contributed by atoms with E-state index in [0.717, 1.165) is 55.3 Å². The van der Waals surface area contributed by atoms with E-state index in [4.69, 9.17) is 16.7 Å². The predicted octanol–water partition coefficient (Wildman–Crippen LogP) is 11.9.